The van der Waals surface area contributed by atoms with Crippen LogP contribution in [0, 0.1) is 5.92 Å². The van der Waals surface area contributed by atoms with Gasteiger partial charge in [-0.1, -0.05) is 265 Å². The second kappa shape index (κ2) is 48.4. The summed E-state index contributed by atoms with van der Waals surface area (Å²) >= 11 is 0. The first-order valence-electron chi connectivity index (χ1n) is 26.9. The number of esters is 3. The Hall–Kier alpha value is -1.59. The number of hydrogen-bond donors (Lipinski definition) is 0. The zero-order valence-corrected chi connectivity index (χ0v) is 40.9. The molecule has 0 aromatic carbocycles. The second-order valence-corrected chi connectivity index (χ2v) is 19.0. The summed E-state index contributed by atoms with van der Waals surface area (Å²) in [4.78, 5) is 38.0. The van der Waals surface area contributed by atoms with Crippen LogP contribution in [-0.4, -0.2) is 37.2 Å². The van der Waals surface area contributed by atoms with Gasteiger partial charge in [0.25, 0.3) is 0 Å². The molecule has 60 heavy (non-hydrogen) atoms. The molecule has 0 bridgehead atoms. The van der Waals surface area contributed by atoms with Gasteiger partial charge < -0.3 is 14.2 Å². The predicted molar refractivity (Wildman–Crippen MR) is 257 cm³/mol. The maximum Gasteiger partial charge on any atom is 0.306 e. The van der Waals surface area contributed by atoms with Gasteiger partial charge in [-0.25, -0.2) is 0 Å². The van der Waals surface area contributed by atoms with Gasteiger partial charge in [0.1, 0.15) is 13.2 Å². The van der Waals surface area contributed by atoms with Crippen molar-refractivity contribution < 1.29 is 28.6 Å². The molecule has 0 saturated heterocycles. The smallest absolute Gasteiger partial charge is 0.306 e. The molecule has 0 radical (unpaired) electrons. The molecule has 356 valence electrons. The van der Waals surface area contributed by atoms with Gasteiger partial charge in [-0.05, 0) is 25.2 Å². The van der Waals surface area contributed by atoms with E-state index < -0.39 is 6.10 Å². The quantitative estimate of drug-likeness (QED) is 0.0345. The summed E-state index contributed by atoms with van der Waals surface area (Å²) < 4.78 is 16.8. The maximum absolute atomic E-state index is 12.8. The maximum atomic E-state index is 12.8. The normalized spacial score (nSPS) is 11.9. The van der Waals surface area contributed by atoms with Crippen LogP contribution in [0.3, 0.4) is 0 Å². The summed E-state index contributed by atoms with van der Waals surface area (Å²) in [5.41, 5.74) is 0. The van der Waals surface area contributed by atoms with Crippen molar-refractivity contribution in [2.45, 2.75) is 310 Å². The molecule has 1 atom stereocenters. The lowest BCUT2D eigenvalue weighted by Gasteiger charge is -2.18. The first-order valence-corrected chi connectivity index (χ1v) is 26.9. The SMILES string of the molecule is CCCCCCCCCCCCCCCCCCC(=O)OC[C@@H](COC(=O)CCCCCCCCCCCCCCCCC)OC(=O)CCCCCCCCCCC(C)C. The zero-order valence-electron chi connectivity index (χ0n) is 40.9. The molecule has 0 aromatic heterocycles. The van der Waals surface area contributed by atoms with E-state index in [1.807, 2.05) is 0 Å². The monoisotopic (exact) mass is 849 g/mol. The van der Waals surface area contributed by atoms with Gasteiger partial charge >= 0.3 is 17.9 Å². The topological polar surface area (TPSA) is 78.9 Å². The average Bonchev–Trinajstić information content (AvgIpc) is 3.23. The minimum absolute atomic E-state index is 0.0630. The standard InChI is InChI=1S/C54H104O6/c1-5-7-9-11-13-15-17-19-21-23-25-27-29-34-38-42-46-53(56)59-49-51(60-54(57)47-43-39-35-31-30-32-36-40-44-50(3)4)48-58-52(55)45-41-37-33-28-26-24-22-20-18-16-14-12-10-8-6-2/h50-51H,5-49H2,1-4H3/t51-/m1/s1. The van der Waals surface area contributed by atoms with Gasteiger partial charge in [0.15, 0.2) is 6.10 Å². The third-order valence-corrected chi connectivity index (χ3v) is 12.3. The summed E-state index contributed by atoms with van der Waals surface area (Å²) in [5, 5.41) is 0. The average molecular weight is 849 g/mol. The van der Waals surface area contributed by atoms with E-state index in [-0.39, 0.29) is 31.1 Å². The number of carbonyl (C=O) groups is 3. The molecule has 0 spiro atoms. The van der Waals surface area contributed by atoms with E-state index in [1.165, 1.54) is 199 Å². The van der Waals surface area contributed by atoms with E-state index in [4.69, 9.17) is 14.2 Å². The van der Waals surface area contributed by atoms with Crippen LogP contribution in [0.5, 0.6) is 0 Å². The summed E-state index contributed by atoms with van der Waals surface area (Å²) in [6, 6.07) is 0. The molecule has 0 saturated carbocycles. The molecular formula is C54H104O6. The lowest BCUT2D eigenvalue weighted by Crippen LogP contribution is -2.30. The second-order valence-electron chi connectivity index (χ2n) is 19.0. The predicted octanol–water partition coefficient (Wildman–Crippen LogP) is 17.5. The highest BCUT2D eigenvalue weighted by Crippen LogP contribution is 2.17. The van der Waals surface area contributed by atoms with E-state index in [0.29, 0.717) is 19.3 Å². The highest BCUT2D eigenvalue weighted by Gasteiger charge is 2.19. The van der Waals surface area contributed by atoms with Gasteiger partial charge in [0.2, 0.25) is 0 Å². The van der Waals surface area contributed by atoms with Crippen molar-refractivity contribution in [1.82, 2.24) is 0 Å². The highest BCUT2D eigenvalue weighted by atomic mass is 16.6. The number of hydrogen-bond acceptors (Lipinski definition) is 6. The number of unbranched alkanes of at least 4 members (excludes halogenated alkanes) is 36. The Morgan fingerprint density at radius 1 is 0.317 bits per heavy atom. The van der Waals surface area contributed by atoms with Crippen LogP contribution < -0.4 is 0 Å². The van der Waals surface area contributed by atoms with Crippen molar-refractivity contribution in [3.8, 4) is 0 Å². The summed E-state index contributed by atoms with van der Waals surface area (Å²) in [7, 11) is 0. The Balaban J connectivity index is 4.27. The Labute approximate surface area is 374 Å². The van der Waals surface area contributed by atoms with Gasteiger partial charge in [0, 0.05) is 19.3 Å². The molecule has 6 nitrogen and oxygen atoms in total. The van der Waals surface area contributed by atoms with Crippen molar-refractivity contribution in [1.29, 1.82) is 0 Å². The Morgan fingerprint density at radius 3 is 0.817 bits per heavy atom. The van der Waals surface area contributed by atoms with E-state index in [1.54, 1.807) is 0 Å². The van der Waals surface area contributed by atoms with E-state index in [0.717, 1.165) is 63.7 Å². The molecule has 0 aromatic rings. The molecule has 0 unspecified atom stereocenters. The Kier molecular flexibility index (Phi) is 47.2. The molecular weight excluding hydrogens is 745 g/mol. The molecule has 0 amide bonds. The van der Waals surface area contributed by atoms with Gasteiger partial charge in [-0.15, -0.1) is 0 Å². The van der Waals surface area contributed by atoms with Crippen LogP contribution in [0.2, 0.25) is 0 Å². The molecule has 0 heterocycles. The fourth-order valence-corrected chi connectivity index (χ4v) is 8.22. The number of rotatable bonds is 49. The van der Waals surface area contributed by atoms with Crippen LogP contribution in [0.1, 0.15) is 304 Å². The summed E-state index contributed by atoms with van der Waals surface area (Å²) in [5.74, 6) is -0.0501. The highest BCUT2D eigenvalue weighted by molar-refractivity contribution is 5.71. The van der Waals surface area contributed by atoms with Crippen LogP contribution in [0.4, 0.5) is 0 Å². The fraction of sp³-hybridized carbons (Fsp3) is 0.944. The number of ether oxygens (including phenoxy) is 3. The van der Waals surface area contributed by atoms with Gasteiger partial charge in [-0.2, -0.15) is 0 Å². The van der Waals surface area contributed by atoms with Crippen LogP contribution >= 0.6 is 0 Å². The van der Waals surface area contributed by atoms with Crippen LogP contribution in [0.15, 0.2) is 0 Å². The van der Waals surface area contributed by atoms with Crippen molar-refractivity contribution in [3.05, 3.63) is 0 Å². The first kappa shape index (κ1) is 58.4. The van der Waals surface area contributed by atoms with Crippen LogP contribution in [-0.2, 0) is 28.6 Å². The largest absolute Gasteiger partial charge is 0.462 e. The van der Waals surface area contributed by atoms with Crippen molar-refractivity contribution in [3.63, 3.8) is 0 Å². The Bertz CT molecular complexity index is 903. The lowest BCUT2D eigenvalue weighted by molar-refractivity contribution is -0.167. The molecule has 0 fully saturated rings. The van der Waals surface area contributed by atoms with E-state index in [2.05, 4.69) is 27.7 Å². The third-order valence-electron chi connectivity index (χ3n) is 12.3. The minimum Gasteiger partial charge on any atom is -0.462 e. The minimum atomic E-state index is -0.761. The molecule has 0 aliphatic heterocycles. The molecule has 0 aliphatic carbocycles. The number of carbonyl (C=O) groups excluding carboxylic acids is 3. The molecule has 0 N–H and O–H groups in total. The summed E-state index contributed by atoms with van der Waals surface area (Å²) in [6.45, 7) is 9.00. The summed E-state index contributed by atoms with van der Waals surface area (Å²) in [6.07, 6.45) is 50.9. The first-order chi connectivity index (χ1) is 29.4. The fourth-order valence-electron chi connectivity index (χ4n) is 8.22. The van der Waals surface area contributed by atoms with Crippen LogP contribution in [0.25, 0.3) is 0 Å². The van der Waals surface area contributed by atoms with Crippen molar-refractivity contribution in [2.75, 3.05) is 13.2 Å². The zero-order chi connectivity index (χ0) is 43.8. The molecule has 0 aliphatic rings. The third kappa shape index (κ3) is 47.5. The van der Waals surface area contributed by atoms with E-state index >= 15 is 0 Å². The molecule has 6 heteroatoms. The van der Waals surface area contributed by atoms with Gasteiger partial charge in [0.05, 0.1) is 0 Å². The van der Waals surface area contributed by atoms with E-state index in [9.17, 15) is 14.4 Å². The Morgan fingerprint density at radius 2 is 0.550 bits per heavy atom. The molecule has 0 rings (SSSR count). The van der Waals surface area contributed by atoms with Gasteiger partial charge in [-0.3, -0.25) is 14.4 Å². The lowest BCUT2D eigenvalue weighted by atomic mass is 10.0. The van der Waals surface area contributed by atoms with Crippen molar-refractivity contribution >= 4 is 17.9 Å². The van der Waals surface area contributed by atoms with Crippen molar-refractivity contribution in [2.24, 2.45) is 5.92 Å².